The molecule has 3 amide bonds. The van der Waals surface area contributed by atoms with Gasteiger partial charge < -0.3 is 15.1 Å². The number of carbonyl (C=O) groups excluding carboxylic acids is 2. The van der Waals surface area contributed by atoms with Crippen molar-refractivity contribution < 1.29 is 14.0 Å². The highest BCUT2D eigenvalue weighted by atomic mass is 19.1. The molecule has 1 aromatic carbocycles. The molecule has 1 unspecified atom stereocenters. The van der Waals surface area contributed by atoms with Gasteiger partial charge in [-0.15, -0.1) is 0 Å². The molecule has 2 saturated heterocycles. The molecule has 1 spiro atoms. The van der Waals surface area contributed by atoms with E-state index in [9.17, 15) is 14.0 Å². The Kier molecular flexibility index (Phi) is 4.51. The fourth-order valence-electron chi connectivity index (χ4n) is 3.95. The summed E-state index contributed by atoms with van der Waals surface area (Å²) >= 11 is 0. The van der Waals surface area contributed by atoms with Gasteiger partial charge in [-0.2, -0.15) is 0 Å². The molecule has 3 heterocycles. The van der Waals surface area contributed by atoms with Gasteiger partial charge in [0.05, 0.1) is 0 Å². The number of urea groups is 1. The van der Waals surface area contributed by atoms with E-state index in [1.54, 1.807) is 34.3 Å². The van der Waals surface area contributed by atoms with Crippen LogP contribution in [0, 0.1) is 11.2 Å². The number of rotatable bonds is 3. The third-order valence-corrected chi connectivity index (χ3v) is 5.33. The minimum Gasteiger partial charge on any atom is -0.334 e. The van der Waals surface area contributed by atoms with Gasteiger partial charge in [-0.3, -0.25) is 9.78 Å². The molecule has 1 atom stereocenters. The number of aromatic nitrogens is 1. The quantitative estimate of drug-likeness (QED) is 0.906. The van der Waals surface area contributed by atoms with Gasteiger partial charge in [-0.1, -0.05) is 12.1 Å². The summed E-state index contributed by atoms with van der Waals surface area (Å²) in [7, 11) is 0. The van der Waals surface area contributed by atoms with Crippen molar-refractivity contribution in [2.45, 2.75) is 19.4 Å². The van der Waals surface area contributed by atoms with Crippen LogP contribution in [0.2, 0.25) is 0 Å². The predicted molar refractivity (Wildman–Crippen MR) is 98.5 cm³/mol. The predicted octanol–water partition coefficient (Wildman–Crippen LogP) is 2.56. The summed E-state index contributed by atoms with van der Waals surface area (Å²) in [6.45, 7) is 2.08. The van der Waals surface area contributed by atoms with E-state index < -0.39 is 0 Å². The molecule has 0 saturated carbocycles. The Bertz CT molecular complexity index is 860. The minimum atomic E-state index is -0.357. The van der Waals surface area contributed by atoms with E-state index in [-0.39, 0.29) is 23.2 Å². The summed E-state index contributed by atoms with van der Waals surface area (Å²) in [5.41, 5.74) is 1.26. The largest absolute Gasteiger partial charge is 0.334 e. The highest BCUT2D eigenvalue weighted by Crippen LogP contribution is 2.41. The van der Waals surface area contributed by atoms with Gasteiger partial charge in [0.15, 0.2) is 0 Å². The van der Waals surface area contributed by atoms with Crippen molar-refractivity contribution in [3.8, 4) is 0 Å². The second-order valence-corrected chi connectivity index (χ2v) is 7.33. The fraction of sp³-hybridized carbons (Fsp3) is 0.350. The Balaban J connectivity index is 1.38. The van der Waals surface area contributed by atoms with Crippen molar-refractivity contribution in [1.82, 2.24) is 15.2 Å². The van der Waals surface area contributed by atoms with Gasteiger partial charge in [0.2, 0.25) is 5.91 Å². The molecule has 0 aliphatic carbocycles. The number of pyridine rings is 1. The maximum absolute atomic E-state index is 13.5. The molecule has 2 aliphatic rings. The molecule has 1 N–H and O–H groups in total. The standard InChI is InChI=1S/C20H21FN4O2/c21-16-4-1-5-17(9-16)25-14-20(10-18(25)26)6-8-24(13-20)19(27)23-12-15-3-2-7-22-11-15/h1-5,7,9,11H,6,8,10,12-14H2,(H,23,27). The number of carbonyl (C=O) groups is 2. The first-order chi connectivity index (χ1) is 13.0. The van der Waals surface area contributed by atoms with E-state index in [0.29, 0.717) is 38.3 Å². The lowest BCUT2D eigenvalue weighted by Gasteiger charge is -2.24. The number of amides is 3. The van der Waals surface area contributed by atoms with Crippen LogP contribution >= 0.6 is 0 Å². The molecule has 7 heteroatoms. The summed E-state index contributed by atoms with van der Waals surface area (Å²) in [6.07, 6.45) is 4.57. The van der Waals surface area contributed by atoms with Gasteiger partial charge in [0.25, 0.3) is 0 Å². The number of nitrogens with zero attached hydrogens (tertiary/aromatic N) is 3. The molecule has 140 valence electrons. The summed E-state index contributed by atoms with van der Waals surface area (Å²) in [4.78, 5) is 32.4. The van der Waals surface area contributed by atoms with Crippen LogP contribution in [0.3, 0.4) is 0 Å². The Morgan fingerprint density at radius 3 is 2.93 bits per heavy atom. The monoisotopic (exact) mass is 368 g/mol. The lowest BCUT2D eigenvalue weighted by atomic mass is 9.86. The first kappa shape index (κ1) is 17.5. The molecular weight excluding hydrogens is 347 g/mol. The van der Waals surface area contributed by atoms with Gasteiger partial charge in [0.1, 0.15) is 5.82 Å². The average Bonchev–Trinajstić information content (AvgIpc) is 3.23. The number of nitrogens with one attached hydrogen (secondary N) is 1. The van der Waals surface area contributed by atoms with Crippen LogP contribution in [0.25, 0.3) is 0 Å². The Hall–Kier alpha value is -2.96. The van der Waals surface area contributed by atoms with Crippen LogP contribution in [0.5, 0.6) is 0 Å². The lowest BCUT2D eigenvalue weighted by molar-refractivity contribution is -0.117. The summed E-state index contributed by atoms with van der Waals surface area (Å²) in [6, 6.07) is 9.70. The number of benzene rings is 1. The van der Waals surface area contributed by atoms with Gasteiger partial charge in [-0.25, -0.2) is 9.18 Å². The van der Waals surface area contributed by atoms with Crippen LogP contribution in [0.1, 0.15) is 18.4 Å². The maximum Gasteiger partial charge on any atom is 0.317 e. The zero-order valence-electron chi connectivity index (χ0n) is 14.9. The third-order valence-electron chi connectivity index (χ3n) is 5.33. The number of likely N-dealkylation sites (tertiary alicyclic amines) is 1. The molecule has 1 aromatic heterocycles. The normalized spacial score (nSPS) is 21.9. The number of hydrogen-bond acceptors (Lipinski definition) is 3. The van der Waals surface area contributed by atoms with Gasteiger partial charge >= 0.3 is 6.03 Å². The zero-order valence-corrected chi connectivity index (χ0v) is 14.9. The van der Waals surface area contributed by atoms with Crippen LogP contribution in [-0.4, -0.2) is 41.5 Å². The molecule has 4 rings (SSSR count). The summed E-state index contributed by atoms with van der Waals surface area (Å²) in [5, 5.41) is 2.91. The molecule has 0 radical (unpaired) electrons. The number of halogens is 1. The van der Waals surface area contributed by atoms with Crippen molar-refractivity contribution in [3.63, 3.8) is 0 Å². The maximum atomic E-state index is 13.5. The summed E-state index contributed by atoms with van der Waals surface area (Å²) < 4.78 is 13.5. The molecule has 2 fully saturated rings. The molecule has 6 nitrogen and oxygen atoms in total. The second kappa shape index (κ2) is 6.98. The smallest absolute Gasteiger partial charge is 0.317 e. The fourth-order valence-corrected chi connectivity index (χ4v) is 3.95. The summed E-state index contributed by atoms with van der Waals surface area (Å²) in [5.74, 6) is -0.373. The van der Waals surface area contributed by atoms with Crippen LogP contribution < -0.4 is 10.2 Å². The van der Waals surface area contributed by atoms with E-state index >= 15 is 0 Å². The lowest BCUT2D eigenvalue weighted by Crippen LogP contribution is -2.40. The highest BCUT2D eigenvalue weighted by Gasteiger charge is 2.48. The van der Waals surface area contributed by atoms with Gasteiger partial charge in [0, 0.05) is 56.1 Å². The average molecular weight is 368 g/mol. The molecule has 0 bridgehead atoms. The molecular formula is C20H21FN4O2. The first-order valence-electron chi connectivity index (χ1n) is 9.02. The van der Waals surface area contributed by atoms with Gasteiger partial charge in [-0.05, 0) is 36.2 Å². The Labute approximate surface area is 157 Å². The van der Waals surface area contributed by atoms with E-state index in [2.05, 4.69) is 10.3 Å². The van der Waals surface area contributed by atoms with Crippen molar-refractivity contribution in [3.05, 3.63) is 60.2 Å². The Morgan fingerprint density at radius 1 is 1.26 bits per heavy atom. The van der Waals surface area contributed by atoms with Crippen LogP contribution in [-0.2, 0) is 11.3 Å². The van der Waals surface area contributed by atoms with E-state index in [1.807, 2.05) is 12.1 Å². The highest BCUT2D eigenvalue weighted by molar-refractivity contribution is 5.96. The third kappa shape index (κ3) is 3.63. The topological polar surface area (TPSA) is 65.5 Å². The number of anilines is 1. The molecule has 27 heavy (non-hydrogen) atoms. The molecule has 2 aliphatic heterocycles. The van der Waals surface area contributed by atoms with E-state index in [0.717, 1.165) is 12.0 Å². The minimum absolute atomic E-state index is 0.0155. The zero-order chi connectivity index (χ0) is 18.9. The van der Waals surface area contributed by atoms with E-state index in [4.69, 9.17) is 0 Å². The van der Waals surface area contributed by atoms with Crippen molar-refractivity contribution >= 4 is 17.6 Å². The second-order valence-electron chi connectivity index (χ2n) is 7.33. The van der Waals surface area contributed by atoms with Crippen molar-refractivity contribution in [1.29, 1.82) is 0 Å². The SMILES string of the molecule is O=C(NCc1cccnc1)N1CCC2(CC(=O)N(c3cccc(F)c3)C2)C1. The molecule has 2 aromatic rings. The van der Waals surface area contributed by atoms with Crippen molar-refractivity contribution in [2.24, 2.45) is 5.41 Å². The number of hydrogen-bond donors (Lipinski definition) is 1. The van der Waals surface area contributed by atoms with Crippen molar-refractivity contribution in [2.75, 3.05) is 24.5 Å². The van der Waals surface area contributed by atoms with Crippen LogP contribution in [0.4, 0.5) is 14.9 Å². The van der Waals surface area contributed by atoms with Crippen LogP contribution in [0.15, 0.2) is 48.8 Å². The van der Waals surface area contributed by atoms with E-state index in [1.165, 1.54) is 12.1 Å². The Morgan fingerprint density at radius 2 is 2.15 bits per heavy atom. The first-order valence-corrected chi connectivity index (χ1v) is 9.02.